The van der Waals surface area contributed by atoms with Gasteiger partial charge in [-0.25, -0.2) is 0 Å². The molecule has 0 heterocycles. The zero-order valence-electron chi connectivity index (χ0n) is 15.9. The predicted molar refractivity (Wildman–Crippen MR) is 118 cm³/mol. The highest BCUT2D eigenvalue weighted by Crippen LogP contribution is 2.31. The highest BCUT2D eigenvalue weighted by atomic mass is 35.5. The van der Waals surface area contributed by atoms with E-state index in [0.29, 0.717) is 22.7 Å². The third-order valence-corrected chi connectivity index (χ3v) is 6.31. The molecule has 0 amide bonds. The van der Waals surface area contributed by atoms with E-state index in [1.807, 2.05) is 18.2 Å². The zero-order valence-corrected chi connectivity index (χ0v) is 17.4. The molecular weight excluding hydrogens is 389 g/mol. The van der Waals surface area contributed by atoms with Crippen molar-refractivity contribution in [2.75, 3.05) is 0 Å². The second-order valence-corrected chi connectivity index (χ2v) is 8.28. The Labute approximate surface area is 176 Å². The number of hydrogen-bond acceptors (Lipinski definition) is 2. The maximum Gasteiger partial charge on any atom is 0.124 e. The standard InChI is InChI=1S/C24H25Cl2NO/c25-22-11-6-12-23(26)21(22)16-28-24-14-13-17-7-4-5-10-19(17)20(24)15-27-18-8-2-1-3-9-18/h4-7,10-14,18,27H,1-3,8-9,15-16H2. The van der Waals surface area contributed by atoms with Crippen LogP contribution in [0.15, 0.2) is 54.6 Å². The second-order valence-electron chi connectivity index (χ2n) is 7.47. The van der Waals surface area contributed by atoms with Crippen molar-refractivity contribution in [1.29, 1.82) is 0 Å². The molecule has 0 atom stereocenters. The van der Waals surface area contributed by atoms with Gasteiger partial charge in [0.1, 0.15) is 12.4 Å². The molecule has 4 heteroatoms. The molecule has 4 rings (SSSR count). The quantitative estimate of drug-likeness (QED) is 0.463. The van der Waals surface area contributed by atoms with Crippen LogP contribution in [-0.4, -0.2) is 6.04 Å². The summed E-state index contributed by atoms with van der Waals surface area (Å²) in [4.78, 5) is 0. The van der Waals surface area contributed by atoms with Crippen LogP contribution in [-0.2, 0) is 13.2 Å². The van der Waals surface area contributed by atoms with Crippen molar-refractivity contribution in [1.82, 2.24) is 5.32 Å². The zero-order chi connectivity index (χ0) is 19.3. The van der Waals surface area contributed by atoms with E-state index in [9.17, 15) is 0 Å². The lowest BCUT2D eigenvalue weighted by Crippen LogP contribution is -2.30. The Morgan fingerprint density at radius 3 is 2.36 bits per heavy atom. The average molecular weight is 414 g/mol. The summed E-state index contributed by atoms with van der Waals surface area (Å²) in [7, 11) is 0. The van der Waals surface area contributed by atoms with Gasteiger partial charge in [-0.2, -0.15) is 0 Å². The smallest absolute Gasteiger partial charge is 0.124 e. The number of rotatable bonds is 6. The summed E-state index contributed by atoms with van der Waals surface area (Å²) in [5.74, 6) is 0.887. The molecule has 1 saturated carbocycles. The Bertz CT molecular complexity index is 930. The Morgan fingerprint density at radius 1 is 0.821 bits per heavy atom. The third-order valence-electron chi connectivity index (χ3n) is 5.60. The summed E-state index contributed by atoms with van der Waals surface area (Å²) in [5, 5.41) is 7.49. The van der Waals surface area contributed by atoms with Gasteiger partial charge in [0.05, 0.1) is 0 Å². The van der Waals surface area contributed by atoms with E-state index >= 15 is 0 Å². The molecule has 3 aromatic rings. The van der Waals surface area contributed by atoms with E-state index < -0.39 is 0 Å². The number of ether oxygens (including phenoxy) is 1. The number of fused-ring (bicyclic) bond motifs is 1. The first kappa shape index (κ1) is 19.6. The van der Waals surface area contributed by atoms with Crippen LogP contribution in [0.5, 0.6) is 5.75 Å². The molecule has 0 spiro atoms. The van der Waals surface area contributed by atoms with E-state index in [2.05, 4.69) is 41.7 Å². The average Bonchev–Trinajstić information content (AvgIpc) is 2.73. The van der Waals surface area contributed by atoms with E-state index in [-0.39, 0.29) is 0 Å². The minimum absolute atomic E-state index is 0.354. The van der Waals surface area contributed by atoms with Gasteiger partial charge in [0.15, 0.2) is 0 Å². The Kier molecular flexibility index (Phi) is 6.41. The Morgan fingerprint density at radius 2 is 1.57 bits per heavy atom. The molecule has 3 aromatic carbocycles. The SMILES string of the molecule is Clc1cccc(Cl)c1COc1ccc2ccccc2c1CNC1CCCCC1. The Balaban J connectivity index is 1.59. The lowest BCUT2D eigenvalue weighted by Gasteiger charge is -2.24. The minimum atomic E-state index is 0.354. The molecule has 146 valence electrons. The molecular formula is C24H25Cl2NO. The molecule has 1 aliphatic rings. The summed E-state index contributed by atoms with van der Waals surface area (Å²) in [6, 6.07) is 18.8. The predicted octanol–water partition coefficient (Wildman–Crippen LogP) is 7.15. The summed E-state index contributed by atoms with van der Waals surface area (Å²) in [6.07, 6.45) is 6.52. The molecule has 0 bridgehead atoms. The Hall–Kier alpha value is -1.74. The van der Waals surface area contributed by atoms with Crippen molar-refractivity contribution in [2.24, 2.45) is 0 Å². The van der Waals surface area contributed by atoms with E-state index in [0.717, 1.165) is 17.9 Å². The first-order valence-corrected chi connectivity index (χ1v) is 10.8. The van der Waals surface area contributed by atoms with Crippen LogP contribution >= 0.6 is 23.2 Å². The summed E-state index contributed by atoms with van der Waals surface area (Å²) in [6.45, 7) is 1.16. The van der Waals surface area contributed by atoms with E-state index in [1.54, 1.807) is 0 Å². The molecule has 0 aliphatic heterocycles. The van der Waals surface area contributed by atoms with Gasteiger partial charge >= 0.3 is 0 Å². The van der Waals surface area contributed by atoms with Crippen LogP contribution in [0.3, 0.4) is 0 Å². The highest BCUT2D eigenvalue weighted by Gasteiger charge is 2.16. The van der Waals surface area contributed by atoms with Crippen molar-refractivity contribution in [3.8, 4) is 5.75 Å². The summed E-state index contributed by atoms with van der Waals surface area (Å²) >= 11 is 12.6. The van der Waals surface area contributed by atoms with Crippen LogP contribution in [0.2, 0.25) is 10.0 Å². The molecule has 0 aromatic heterocycles. The van der Waals surface area contributed by atoms with E-state index in [4.69, 9.17) is 27.9 Å². The van der Waals surface area contributed by atoms with Crippen LogP contribution in [0, 0.1) is 0 Å². The maximum absolute atomic E-state index is 6.32. The van der Waals surface area contributed by atoms with E-state index in [1.165, 1.54) is 48.4 Å². The summed E-state index contributed by atoms with van der Waals surface area (Å²) in [5.41, 5.74) is 2.03. The first-order valence-electron chi connectivity index (χ1n) is 10.0. The number of benzene rings is 3. The van der Waals surface area contributed by atoms with Gasteiger partial charge in [0, 0.05) is 33.8 Å². The lowest BCUT2D eigenvalue weighted by atomic mass is 9.95. The molecule has 28 heavy (non-hydrogen) atoms. The van der Waals surface area contributed by atoms with Crippen molar-refractivity contribution in [3.63, 3.8) is 0 Å². The monoisotopic (exact) mass is 413 g/mol. The molecule has 1 aliphatic carbocycles. The van der Waals surface area contributed by atoms with Crippen molar-refractivity contribution in [2.45, 2.75) is 51.3 Å². The molecule has 2 nitrogen and oxygen atoms in total. The normalized spacial score (nSPS) is 15.1. The van der Waals surface area contributed by atoms with Crippen LogP contribution in [0.25, 0.3) is 10.8 Å². The third kappa shape index (κ3) is 4.46. The van der Waals surface area contributed by atoms with Crippen molar-refractivity contribution >= 4 is 34.0 Å². The maximum atomic E-state index is 6.32. The first-order chi connectivity index (χ1) is 13.7. The topological polar surface area (TPSA) is 21.3 Å². The van der Waals surface area contributed by atoms with Crippen LogP contribution < -0.4 is 10.1 Å². The molecule has 1 fully saturated rings. The minimum Gasteiger partial charge on any atom is -0.488 e. The lowest BCUT2D eigenvalue weighted by molar-refractivity contribution is 0.300. The van der Waals surface area contributed by atoms with Gasteiger partial charge in [-0.15, -0.1) is 0 Å². The number of hydrogen-bond donors (Lipinski definition) is 1. The van der Waals surface area contributed by atoms with Gasteiger partial charge in [-0.05, 0) is 41.8 Å². The molecule has 0 saturated heterocycles. The number of halogens is 2. The van der Waals surface area contributed by atoms with Gasteiger partial charge < -0.3 is 10.1 Å². The summed E-state index contributed by atoms with van der Waals surface area (Å²) < 4.78 is 6.22. The van der Waals surface area contributed by atoms with Gasteiger partial charge in [-0.1, -0.05) is 78.9 Å². The fourth-order valence-corrected chi connectivity index (χ4v) is 4.51. The largest absolute Gasteiger partial charge is 0.488 e. The van der Waals surface area contributed by atoms with Gasteiger partial charge in [0.2, 0.25) is 0 Å². The van der Waals surface area contributed by atoms with Gasteiger partial charge in [-0.3, -0.25) is 0 Å². The number of nitrogens with one attached hydrogen (secondary N) is 1. The molecule has 1 N–H and O–H groups in total. The van der Waals surface area contributed by atoms with Crippen LogP contribution in [0.1, 0.15) is 43.2 Å². The van der Waals surface area contributed by atoms with Crippen LogP contribution in [0.4, 0.5) is 0 Å². The fourth-order valence-electron chi connectivity index (χ4n) is 4.01. The highest BCUT2D eigenvalue weighted by molar-refractivity contribution is 6.35. The second kappa shape index (κ2) is 9.17. The van der Waals surface area contributed by atoms with Gasteiger partial charge in [0.25, 0.3) is 0 Å². The van der Waals surface area contributed by atoms with Crippen molar-refractivity contribution < 1.29 is 4.74 Å². The van der Waals surface area contributed by atoms with Crippen molar-refractivity contribution in [3.05, 3.63) is 75.8 Å². The molecule has 0 unspecified atom stereocenters. The molecule has 0 radical (unpaired) electrons. The fraction of sp³-hybridized carbons (Fsp3) is 0.333.